The maximum Gasteiger partial charge on any atom is 0.257 e. The third-order valence-corrected chi connectivity index (χ3v) is 3.97. The predicted molar refractivity (Wildman–Crippen MR) is 62.1 cm³/mol. The van der Waals surface area contributed by atoms with E-state index in [0.29, 0.717) is 11.0 Å². The van der Waals surface area contributed by atoms with Gasteiger partial charge in [-0.1, -0.05) is 13.8 Å². The molecule has 4 nitrogen and oxygen atoms in total. The number of amides is 1. The Labute approximate surface area is 96.0 Å². The van der Waals surface area contributed by atoms with Gasteiger partial charge in [-0.2, -0.15) is 5.10 Å². The summed E-state index contributed by atoms with van der Waals surface area (Å²) in [5, 5.41) is 6.50. The van der Waals surface area contributed by atoms with Gasteiger partial charge in [0.05, 0.1) is 11.8 Å². The van der Waals surface area contributed by atoms with Gasteiger partial charge in [-0.15, -0.1) is 0 Å². The molecule has 0 atom stereocenters. The topological polar surface area (TPSA) is 49.0 Å². The van der Waals surface area contributed by atoms with Crippen molar-refractivity contribution in [1.29, 1.82) is 0 Å². The lowest BCUT2D eigenvalue weighted by molar-refractivity contribution is 0.0770. The van der Waals surface area contributed by atoms with Crippen molar-refractivity contribution in [2.24, 2.45) is 5.41 Å². The van der Waals surface area contributed by atoms with Crippen LogP contribution in [0.3, 0.4) is 0 Å². The van der Waals surface area contributed by atoms with Crippen molar-refractivity contribution in [1.82, 2.24) is 15.1 Å². The molecule has 0 radical (unpaired) electrons. The van der Waals surface area contributed by atoms with Crippen molar-refractivity contribution in [2.45, 2.75) is 33.1 Å². The highest BCUT2D eigenvalue weighted by Gasteiger charge is 2.37. The first kappa shape index (κ1) is 11.2. The van der Waals surface area contributed by atoms with Crippen LogP contribution in [0.2, 0.25) is 0 Å². The number of carbonyl (C=O) groups excluding carboxylic acids is 1. The maximum atomic E-state index is 12.1. The SMILES string of the molecule is CCC1(CC)CCN(C(=O)c2cn[nH]c2)C1. The van der Waals surface area contributed by atoms with Crippen LogP contribution in [0.5, 0.6) is 0 Å². The van der Waals surface area contributed by atoms with Gasteiger partial charge in [0.2, 0.25) is 0 Å². The second kappa shape index (κ2) is 4.28. The zero-order chi connectivity index (χ0) is 11.6. The lowest BCUT2D eigenvalue weighted by atomic mass is 9.82. The molecule has 0 saturated carbocycles. The molecule has 88 valence electrons. The maximum absolute atomic E-state index is 12.1. The van der Waals surface area contributed by atoms with Gasteiger partial charge in [-0.05, 0) is 24.7 Å². The summed E-state index contributed by atoms with van der Waals surface area (Å²) in [4.78, 5) is 14.0. The standard InChI is InChI=1S/C12H19N3O/c1-3-12(4-2)5-6-15(9-12)11(16)10-7-13-14-8-10/h7-8H,3-6,9H2,1-2H3,(H,13,14). The van der Waals surface area contributed by atoms with Crippen molar-refractivity contribution in [2.75, 3.05) is 13.1 Å². The molecule has 0 aromatic carbocycles. The fraction of sp³-hybridized carbons (Fsp3) is 0.667. The first-order chi connectivity index (χ1) is 7.71. The number of hydrogen-bond acceptors (Lipinski definition) is 2. The van der Waals surface area contributed by atoms with Gasteiger partial charge in [0.1, 0.15) is 0 Å². The third-order valence-electron chi connectivity index (χ3n) is 3.97. The Kier molecular flexibility index (Phi) is 2.99. The molecule has 1 N–H and O–H groups in total. The van der Waals surface area contributed by atoms with Crippen LogP contribution in [0, 0.1) is 5.41 Å². The summed E-state index contributed by atoms with van der Waals surface area (Å²) in [6.45, 7) is 6.21. The molecule has 0 aliphatic carbocycles. The number of aromatic nitrogens is 2. The average molecular weight is 221 g/mol. The van der Waals surface area contributed by atoms with Gasteiger partial charge in [0, 0.05) is 19.3 Å². The number of hydrogen-bond donors (Lipinski definition) is 1. The lowest BCUT2D eigenvalue weighted by Crippen LogP contribution is -2.31. The van der Waals surface area contributed by atoms with Gasteiger partial charge in [0.15, 0.2) is 0 Å². The normalized spacial score (nSPS) is 19.0. The van der Waals surface area contributed by atoms with E-state index >= 15 is 0 Å². The number of aromatic amines is 1. The van der Waals surface area contributed by atoms with Crippen LogP contribution < -0.4 is 0 Å². The highest BCUT2D eigenvalue weighted by Crippen LogP contribution is 2.37. The van der Waals surface area contributed by atoms with Crippen molar-refractivity contribution in [3.05, 3.63) is 18.0 Å². The molecule has 0 bridgehead atoms. The van der Waals surface area contributed by atoms with Gasteiger partial charge in [-0.3, -0.25) is 9.89 Å². The van der Waals surface area contributed by atoms with Gasteiger partial charge in [0.25, 0.3) is 5.91 Å². The molecular formula is C12H19N3O. The Morgan fingerprint density at radius 1 is 1.56 bits per heavy atom. The first-order valence-electron chi connectivity index (χ1n) is 5.99. The second-order valence-electron chi connectivity index (χ2n) is 4.67. The minimum atomic E-state index is 0.109. The van der Waals surface area contributed by atoms with E-state index in [9.17, 15) is 4.79 Å². The molecule has 1 aromatic heterocycles. The van der Waals surface area contributed by atoms with Crippen LogP contribution in [-0.2, 0) is 0 Å². The van der Waals surface area contributed by atoms with Crippen molar-refractivity contribution in [3.63, 3.8) is 0 Å². The Bertz CT molecular complexity index is 354. The predicted octanol–water partition coefficient (Wildman–Crippen LogP) is 2.06. The lowest BCUT2D eigenvalue weighted by Gasteiger charge is -2.26. The highest BCUT2D eigenvalue weighted by atomic mass is 16.2. The Morgan fingerprint density at radius 3 is 2.81 bits per heavy atom. The third kappa shape index (κ3) is 1.84. The molecular weight excluding hydrogens is 202 g/mol. The Morgan fingerprint density at radius 2 is 2.31 bits per heavy atom. The van der Waals surface area contributed by atoms with E-state index in [0.717, 1.165) is 32.4 Å². The van der Waals surface area contributed by atoms with Crippen molar-refractivity contribution in [3.8, 4) is 0 Å². The van der Waals surface area contributed by atoms with Gasteiger partial charge < -0.3 is 4.90 Å². The van der Waals surface area contributed by atoms with E-state index in [1.54, 1.807) is 12.4 Å². The molecule has 0 unspecified atom stereocenters. The molecule has 2 rings (SSSR count). The molecule has 1 aromatic rings. The van der Waals surface area contributed by atoms with E-state index in [1.807, 2.05) is 4.90 Å². The number of nitrogens with zero attached hydrogens (tertiary/aromatic N) is 2. The summed E-state index contributed by atoms with van der Waals surface area (Å²) in [6, 6.07) is 0. The summed E-state index contributed by atoms with van der Waals surface area (Å²) in [7, 11) is 0. The minimum absolute atomic E-state index is 0.109. The molecule has 2 heterocycles. The first-order valence-corrected chi connectivity index (χ1v) is 5.99. The van der Waals surface area contributed by atoms with Crippen LogP contribution >= 0.6 is 0 Å². The Balaban J connectivity index is 2.06. The number of carbonyl (C=O) groups is 1. The number of H-pyrrole nitrogens is 1. The minimum Gasteiger partial charge on any atom is -0.338 e. The van der Waals surface area contributed by atoms with Crippen LogP contribution in [-0.4, -0.2) is 34.1 Å². The quantitative estimate of drug-likeness (QED) is 0.849. The molecule has 1 aliphatic heterocycles. The largest absolute Gasteiger partial charge is 0.338 e. The molecule has 1 amide bonds. The average Bonchev–Trinajstić information content (AvgIpc) is 2.98. The number of likely N-dealkylation sites (tertiary alicyclic amines) is 1. The van der Waals surface area contributed by atoms with Gasteiger partial charge >= 0.3 is 0 Å². The fourth-order valence-electron chi connectivity index (χ4n) is 2.49. The fourth-order valence-corrected chi connectivity index (χ4v) is 2.49. The monoisotopic (exact) mass is 221 g/mol. The highest BCUT2D eigenvalue weighted by molar-refractivity contribution is 5.93. The van der Waals surface area contributed by atoms with Crippen molar-refractivity contribution >= 4 is 5.91 Å². The van der Waals surface area contributed by atoms with Crippen LogP contribution in [0.4, 0.5) is 0 Å². The van der Waals surface area contributed by atoms with Crippen LogP contribution in [0.25, 0.3) is 0 Å². The van der Waals surface area contributed by atoms with Gasteiger partial charge in [-0.25, -0.2) is 0 Å². The molecule has 4 heteroatoms. The van der Waals surface area contributed by atoms with E-state index in [-0.39, 0.29) is 5.91 Å². The Hall–Kier alpha value is -1.32. The van der Waals surface area contributed by atoms with Crippen LogP contribution in [0.1, 0.15) is 43.5 Å². The van der Waals surface area contributed by atoms with E-state index in [4.69, 9.17) is 0 Å². The molecule has 1 fully saturated rings. The molecule has 1 aliphatic rings. The van der Waals surface area contributed by atoms with Crippen molar-refractivity contribution < 1.29 is 4.79 Å². The summed E-state index contributed by atoms with van der Waals surface area (Å²) in [5.41, 5.74) is 1.02. The van der Waals surface area contributed by atoms with E-state index in [1.165, 1.54) is 0 Å². The molecule has 1 saturated heterocycles. The summed E-state index contributed by atoms with van der Waals surface area (Å²) < 4.78 is 0. The van der Waals surface area contributed by atoms with E-state index in [2.05, 4.69) is 24.0 Å². The number of rotatable bonds is 3. The smallest absolute Gasteiger partial charge is 0.257 e. The zero-order valence-electron chi connectivity index (χ0n) is 9.99. The zero-order valence-corrected chi connectivity index (χ0v) is 9.99. The van der Waals surface area contributed by atoms with Crippen LogP contribution in [0.15, 0.2) is 12.4 Å². The summed E-state index contributed by atoms with van der Waals surface area (Å²) >= 11 is 0. The summed E-state index contributed by atoms with van der Waals surface area (Å²) in [6.07, 6.45) is 6.70. The van der Waals surface area contributed by atoms with E-state index < -0.39 is 0 Å². The molecule has 16 heavy (non-hydrogen) atoms. The molecule has 0 spiro atoms. The summed E-state index contributed by atoms with van der Waals surface area (Å²) in [5.74, 6) is 0.109. The number of nitrogens with one attached hydrogen (secondary N) is 1. The second-order valence-corrected chi connectivity index (χ2v) is 4.67.